The van der Waals surface area contributed by atoms with Gasteiger partial charge in [-0.15, -0.1) is 0 Å². The Morgan fingerprint density at radius 3 is 1.45 bits per heavy atom. The van der Waals surface area contributed by atoms with Gasteiger partial charge in [-0.05, 0) is 0 Å². The molecule has 0 aliphatic heterocycles. The molecular formula is C3H12N3NaO2S2. The van der Waals surface area contributed by atoms with Crippen molar-refractivity contribution in [3.63, 3.8) is 0 Å². The Balaban J connectivity index is -0.0000000221. The fraction of sp³-hybridized carbons (Fsp3) is 0.333. The summed E-state index contributed by atoms with van der Waals surface area (Å²) >= 11 is 6.33. The van der Waals surface area contributed by atoms with Gasteiger partial charge in [-0.1, -0.05) is 32.7 Å². The summed E-state index contributed by atoms with van der Waals surface area (Å²) in [4.78, 5) is 18.5. The number of thiol groups is 2. The summed E-state index contributed by atoms with van der Waals surface area (Å²) in [6, 6.07) is 0. The van der Waals surface area contributed by atoms with E-state index in [0.717, 1.165) is 0 Å². The first-order valence-corrected chi connectivity index (χ1v) is 2.58. The maximum Gasteiger partial charge on any atom is 1.00 e. The number of amides is 2. The normalized spacial score (nSPS) is 5.36. The molecule has 0 saturated heterocycles. The van der Waals surface area contributed by atoms with Gasteiger partial charge >= 0.3 is 29.6 Å². The minimum atomic E-state index is -0.639. The van der Waals surface area contributed by atoms with Gasteiger partial charge in [0.2, 0.25) is 0 Å². The summed E-state index contributed by atoms with van der Waals surface area (Å²) in [5.41, 5.74) is 6.09. The van der Waals surface area contributed by atoms with E-state index in [2.05, 4.69) is 36.8 Å². The van der Waals surface area contributed by atoms with Gasteiger partial charge in [0, 0.05) is 0 Å². The molecule has 8 heteroatoms. The van der Waals surface area contributed by atoms with Gasteiger partial charge < -0.3 is 7.16 Å². The summed E-state index contributed by atoms with van der Waals surface area (Å²) in [6.45, 7) is 0. The van der Waals surface area contributed by atoms with E-state index in [9.17, 15) is 4.79 Å². The van der Waals surface area contributed by atoms with Crippen LogP contribution in [-0.4, -0.2) is 10.5 Å². The second-order valence-corrected chi connectivity index (χ2v) is 1.63. The van der Waals surface area contributed by atoms with Crippen LogP contribution in [-0.2, 0) is 0 Å². The molecule has 0 unspecified atom stereocenters. The molecule has 0 heterocycles. The molecule has 0 aliphatic rings. The van der Waals surface area contributed by atoms with Gasteiger partial charge in [-0.2, -0.15) is 0 Å². The first-order chi connectivity index (χ1) is 4.00. The van der Waals surface area contributed by atoms with Crippen molar-refractivity contribution in [2.75, 3.05) is 0 Å². The van der Waals surface area contributed by atoms with E-state index in [-0.39, 0.29) is 38.4 Å². The third kappa shape index (κ3) is 116. The SMILES string of the molecule is C.NC(=O)S.NNC(=O)S.[H-].[Na+]. The van der Waals surface area contributed by atoms with Crippen LogP contribution in [0.15, 0.2) is 0 Å². The maximum absolute atomic E-state index is 9.44. The Morgan fingerprint density at radius 1 is 1.36 bits per heavy atom. The minimum Gasteiger partial charge on any atom is -1.00 e. The van der Waals surface area contributed by atoms with Crippen LogP contribution in [0.2, 0.25) is 0 Å². The molecule has 64 valence electrons. The van der Waals surface area contributed by atoms with Gasteiger partial charge in [-0.3, -0.25) is 15.0 Å². The quantitative estimate of drug-likeness (QED) is 0.0983. The number of hydrogen-bond acceptors (Lipinski definition) is 3. The molecule has 11 heavy (non-hydrogen) atoms. The molecule has 0 radical (unpaired) electrons. The number of hydrazine groups is 1. The molecule has 0 bridgehead atoms. The van der Waals surface area contributed by atoms with Crippen molar-refractivity contribution in [3.8, 4) is 0 Å². The van der Waals surface area contributed by atoms with E-state index in [4.69, 9.17) is 4.79 Å². The van der Waals surface area contributed by atoms with E-state index >= 15 is 0 Å². The van der Waals surface area contributed by atoms with Crippen molar-refractivity contribution < 1.29 is 40.6 Å². The van der Waals surface area contributed by atoms with Crippen molar-refractivity contribution in [1.82, 2.24) is 5.43 Å². The van der Waals surface area contributed by atoms with Crippen LogP contribution < -0.4 is 46.6 Å². The van der Waals surface area contributed by atoms with E-state index < -0.39 is 10.5 Å². The first-order valence-electron chi connectivity index (χ1n) is 1.68. The Hall–Kier alpha value is 0.600. The van der Waals surface area contributed by atoms with E-state index in [0.29, 0.717) is 0 Å². The Morgan fingerprint density at radius 2 is 1.45 bits per heavy atom. The molecule has 0 atom stereocenters. The fourth-order valence-electron chi connectivity index (χ4n) is 0. The predicted molar refractivity (Wildman–Crippen MR) is 48.1 cm³/mol. The van der Waals surface area contributed by atoms with Crippen LogP contribution in [0.4, 0.5) is 9.59 Å². The van der Waals surface area contributed by atoms with Gasteiger partial charge in [0.1, 0.15) is 0 Å². The summed E-state index contributed by atoms with van der Waals surface area (Å²) in [5, 5.41) is -1.16. The second kappa shape index (κ2) is 16.9. The molecule has 0 spiro atoms. The molecule has 0 aromatic rings. The van der Waals surface area contributed by atoms with Crippen molar-refractivity contribution in [2.45, 2.75) is 7.43 Å². The zero-order valence-corrected chi connectivity index (χ0v) is 9.15. The van der Waals surface area contributed by atoms with Crippen LogP contribution in [0.3, 0.4) is 0 Å². The van der Waals surface area contributed by atoms with Gasteiger partial charge in [0.05, 0.1) is 0 Å². The maximum atomic E-state index is 9.44. The Bertz CT molecular complexity index is 114. The van der Waals surface area contributed by atoms with E-state index in [1.54, 1.807) is 5.43 Å². The molecule has 0 aliphatic carbocycles. The van der Waals surface area contributed by atoms with Gasteiger partial charge in [-0.25, -0.2) is 5.84 Å². The topological polar surface area (TPSA) is 98.2 Å². The average Bonchev–Trinajstić information content (AvgIpc) is 1.65. The summed E-state index contributed by atoms with van der Waals surface area (Å²) in [6.07, 6.45) is 0. The molecule has 0 rings (SSSR count). The van der Waals surface area contributed by atoms with Gasteiger partial charge in [0.15, 0.2) is 0 Å². The fourth-order valence-corrected chi connectivity index (χ4v) is 0. The third-order valence-electron chi connectivity index (χ3n) is 0.123. The molecule has 0 saturated carbocycles. The molecule has 0 aromatic heterocycles. The van der Waals surface area contributed by atoms with Crippen molar-refractivity contribution in [1.29, 1.82) is 0 Å². The van der Waals surface area contributed by atoms with E-state index in [1.807, 2.05) is 0 Å². The van der Waals surface area contributed by atoms with E-state index in [1.165, 1.54) is 0 Å². The molecule has 0 aromatic carbocycles. The molecule has 2 amide bonds. The minimum absolute atomic E-state index is 0. The standard InChI is InChI=1S/CH4N2OS.CH3NOS.CH4.Na.H/c2-3-1(4)5;2-1(3)4;;;/h2H2,(H2,3,4,5);(H3,2,3,4);1H4;;/q;;;+1;-1. The smallest absolute Gasteiger partial charge is 1.00 e. The van der Waals surface area contributed by atoms with Crippen LogP contribution in [0.25, 0.3) is 0 Å². The van der Waals surface area contributed by atoms with Crippen LogP contribution >= 0.6 is 25.3 Å². The summed E-state index contributed by atoms with van der Waals surface area (Å²) < 4.78 is 0. The van der Waals surface area contributed by atoms with Crippen molar-refractivity contribution in [2.24, 2.45) is 11.6 Å². The number of primary amides is 1. The number of carbonyl (C=O) groups is 2. The molecule has 0 fully saturated rings. The van der Waals surface area contributed by atoms with Crippen LogP contribution in [0, 0.1) is 0 Å². The van der Waals surface area contributed by atoms with Crippen LogP contribution in [0.1, 0.15) is 8.85 Å². The zero-order valence-electron chi connectivity index (χ0n) is 6.37. The Kier molecular flexibility index (Phi) is 34.7. The molecule has 5 N–H and O–H groups in total. The third-order valence-corrected chi connectivity index (χ3v) is 0.253. The first kappa shape index (κ1) is 22.6. The van der Waals surface area contributed by atoms with Crippen molar-refractivity contribution in [3.05, 3.63) is 0 Å². The average molecular weight is 209 g/mol. The predicted octanol–water partition coefficient (Wildman–Crippen LogP) is -2.75. The second-order valence-electron chi connectivity index (χ2n) is 0.788. The Labute approximate surface area is 100 Å². The van der Waals surface area contributed by atoms with Crippen molar-refractivity contribution >= 4 is 35.7 Å². The number of nitrogens with two attached hydrogens (primary N) is 2. The zero-order chi connectivity index (χ0) is 7.86. The largest absolute Gasteiger partial charge is 1.00 e. The summed E-state index contributed by atoms with van der Waals surface area (Å²) in [7, 11) is 0. The summed E-state index contributed by atoms with van der Waals surface area (Å²) in [5.74, 6) is 4.50. The number of hydrogen-bond donors (Lipinski definition) is 5. The monoisotopic (exact) mass is 209 g/mol. The molecule has 5 nitrogen and oxygen atoms in total. The van der Waals surface area contributed by atoms with Crippen LogP contribution in [0.5, 0.6) is 0 Å². The van der Waals surface area contributed by atoms with Gasteiger partial charge in [0.25, 0.3) is 10.5 Å². The number of rotatable bonds is 0. The number of carbonyl (C=O) groups excluding carboxylic acids is 2. The number of nitrogens with one attached hydrogen (secondary N) is 1. The molecular weight excluding hydrogens is 197 g/mol.